The number of carboxylic acids is 1. The van der Waals surface area contributed by atoms with E-state index in [0.717, 1.165) is 0 Å². The van der Waals surface area contributed by atoms with Crippen LogP contribution in [-0.4, -0.2) is 22.5 Å². The van der Waals surface area contributed by atoms with Crippen molar-refractivity contribution in [3.63, 3.8) is 0 Å². The molecule has 1 amide bonds. The van der Waals surface area contributed by atoms with Crippen molar-refractivity contribution >= 4 is 11.9 Å². The summed E-state index contributed by atoms with van der Waals surface area (Å²) in [6.07, 6.45) is 0. The van der Waals surface area contributed by atoms with Crippen molar-refractivity contribution in [3.05, 3.63) is 34.9 Å². The third kappa shape index (κ3) is 3.11. The maximum Gasteiger partial charge on any atom is 0.329 e. The highest BCUT2D eigenvalue weighted by Crippen LogP contribution is 2.27. The van der Waals surface area contributed by atoms with Gasteiger partial charge in [0.15, 0.2) is 0 Å². The largest absolute Gasteiger partial charge is 0.479 e. The summed E-state index contributed by atoms with van der Waals surface area (Å²) in [5, 5.41) is 21.2. The van der Waals surface area contributed by atoms with Gasteiger partial charge in [0.2, 0.25) is 0 Å². The van der Waals surface area contributed by atoms with Gasteiger partial charge in [0, 0.05) is 5.56 Å². The highest BCUT2D eigenvalue weighted by molar-refractivity contribution is 5.99. The molecule has 0 aliphatic rings. The van der Waals surface area contributed by atoms with Gasteiger partial charge in [-0.2, -0.15) is 5.26 Å². The lowest BCUT2D eigenvalue weighted by Gasteiger charge is -2.38. The summed E-state index contributed by atoms with van der Waals surface area (Å²) in [5.74, 6) is -2.02. The Labute approximate surface area is 131 Å². The number of benzene rings is 1. The Bertz CT molecular complexity index is 619. The van der Waals surface area contributed by atoms with E-state index in [1.54, 1.807) is 52.8 Å². The van der Waals surface area contributed by atoms with Crippen molar-refractivity contribution in [1.29, 1.82) is 5.26 Å². The molecule has 5 heteroatoms. The van der Waals surface area contributed by atoms with Crippen molar-refractivity contribution in [2.45, 2.75) is 40.2 Å². The Morgan fingerprint density at radius 3 is 2.14 bits per heavy atom. The summed E-state index contributed by atoms with van der Waals surface area (Å²) >= 11 is 0. The summed E-state index contributed by atoms with van der Waals surface area (Å²) in [5.41, 5.74) is 0.151. The molecule has 2 N–H and O–H groups in total. The number of nitriles is 1. The molecule has 0 aliphatic carbocycles. The molecule has 0 aromatic heterocycles. The molecule has 1 aromatic rings. The summed E-state index contributed by atoms with van der Waals surface area (Å²) in [4.78, 5) is 24.3. The van der Waals surface area contributed by atoms with E-state index in [2.05, 4.69) is 5.32 Å². The number of rotatable bonds is 5. The predicted molar refractivity (Wildman–Crippen MR) is 83.4 cm³/mol. The highest BCUT2D eigenvalue weighted by atomic mass is 16.4. The lowest BCUT2D eigenvalue weighted by molar-refractivity contribution is -0.148. The van der Waals surface area contributed by atoms with Gasteiger partial charge in [-0.15, -0.1) is 0 Å². The van der Waals surface area contributed by atoms with Crippen LogP contribution >= 0.6 is 0 Å². The Morgan fingerprint density at radius 1 is 1.23 bits per heavy atom. The van der Waals surface area contributed by atoms with Gasteiger partial charge in [0.1, 0.15) is 5.54 Å². The van der Waals surface area contributed by atoms with Crippen molar-refractivity contribution < 1.29 is 14.7 Å². The number of hydrogen-bond donors (Lipinski definition) is 2. The molecule has 0 fully saturated rings. The number of nitrogens with zero attached hydrogens (tertiary/aromatic N) is 1. The van der Waals surface area contributed by atoms with E-state index in [0.29, 0.717) is 16.7 Å². The topological polar surface area (TPSA) is 90.2 Å². The van der Waals surface area contributed by atoms with Crippen LogP contribution in [0.1, 0.15) is 49.2 Å². The van der Waals surface area contributed by atoms with Crippen LogP contribution in [0, 0.1) is 30.1 Å². The Balaban J connectivity index is 3.23. The minimum Gasteiger partial charge on any atom is -0.479 e. The normalized spacial score (nSPS) is 11.4. The van der Waals surface area contributed by atoms with Crippen LogP contribution in [0.5, 0.6) is 0 Å². The van der Waals surface area contributed by atoms with Crippen LogP contribution in [0.3, 0.4) is 0 Å². The molecule has 0 aliphatic heterocycles. The van der Waals surface area contributed by atoms with Gasteiger partial charge in [-0.1, -0.05) is 27.7 Å². The second-order valence-corrected chi connectivity index (χ2v) is 6.08. The number of hydrogen-bond acceptors (Lipinski definition) is 3. The zero-order valence-electron chi connectivity index (χ0n) is 13.6. The monoisotopic (exact) mass is 302 g/mol. The van der Waals surface area contributed by atoms with Crippen molar-refractivity contribution in [1.82, 2.24) is 5.32 Å². The molecule has 118 valence electrons. The summed E-state index contributed by atoms with van der Waals surface area (Å²) in [7, 11) is 0. The third-order valence-corrected chi connectivity index (χ3v) is 4.10. The average Bonchev–Trinajstić information content (AvgIpc) is 2.42. The standard InChI is InChI=1S/C17H22N2O3/c1-10(2)17(11(3)4,16(21)22)19-15(20)14-7-6-13(9-18)8-12(14)5/h6-8,10-11H,1-5H3,(H,19,20)(H,21,22). The van der Waals surface area contributed by atoms with Gasteiger partial charge < -0.3 is 10.4 Å². The van der Waals surface area contributed by atoms with E-state index in [1.807, 2.05) is 6.07 Å². The first-order valence-electron chi connectivity index (χ1n) is 7.23. The van der Waals surface area contributed by atoms with E-state index < -0.39 is 17.4 Å². The maximum absolute atomic E-state index is 12.5. The molecule has 0 saturated carbocycles. The van der Waals surface area contributed by atoms with Crippen LogP contribution < -0.4 is 5.32 Å². The molecule has 0 heterocycles. The number of carboxylic acid groups (broad SMARTS) is 1. The van der Waals surface area contributed by atoms with Gasteiger partial charge in [0.05, 0.1) is 11.6 Å². The fourth-order valence-corrected chi connectivity index (χ4v) is 2.75. The fourth-order valence-electron chi connectivity index (χ4n) is 2.75. The Hall–Kier alpha value is -2.35. The number of aliphatic carboxylic acids is 1. The first-order chi connectivity index (χ1) is 10.2. The van der Waals surface area contributed by atoms with E-state index >= 15 is 0 Å². The van der Waals surface area contributed by atoms with E-state index in [1.165, 1.54) is 0 Å². The minimum atomic E-state index is -1.34. The number of aryl methyl sites for hydroxylation is 1. The first-order valence-corrected chi connectivity index (χ1v) is 7.23. The molecule has 0 radical (unpaired) electrons. The quantitative estimate of drug-likeness (QED) is 0.875. The Morgan fingerprint density at radius 2 is 1.77 bits per heavy atom. The smallest absolute Gasteiger partial charge is 0.329 e. The Kier molecular flexibility index (Phi) is 5.32. The van der Waals surface area contributed by atoms with Gasteiger partial charge in [0.25, 0.3) is 5.91 Å². The van der Waals surface area contributed by atoms with Crippen LogP contribution in [0.15, 0.2) is 18.2 Å². The van der Waals surface area contributed by atoms with Crippen LogP contribution in [0.25, 0.3) is 0 Å². The molecule has 1 aromatic carbocycles. The van der Waals surface area contributed by atoms with Crippen molar-refractivity contribution in [2.75, 3.05) is 0 Å². The molecule has 0 bridgehead atoms. The predicted octanol–water partition coefficient (Wildman–Crippen LogP) is 2.73. The van der Waals surface area contributed by atoms with Crippen molar-refractivity contribution in [3.8, 4) is 6.07 Å². The molecule has 0 unspecified atom stereocenters. The van der Waals surface area contributed by atoms with Crippen LogP contribution in [-0.2, 0) is 4.79 Å². The maximum atomic E-state index is 12.5. The molecule has 0 spiro atoms. The number of carbonyl (C=O) groups is 2. The van der Waals surface area contributed by atoms with Gasteiger partial charge in [-0.3, -0.25) is 4.79 Å². The second-order valence-electron chi connectivity index (χ2n) is 6.08. The SMILES string of the molecule is Cc1cc(C#N)ccc1C(=O)NC(C(=O)O)(C(C)C)C(C)C. The van der Waals surface area contributed by atoms with Crippen LogP contribution in [0.4, 0.5) is 0 Å². The number of carbonyl (C=O) groups excluding carboxylic acids is 1. The summed E-state index contributed by atoms with van der Waals surface area (Å²) in [6, 6.07) is 6.73. The molecule has 0 atom stereocenters. The highest BCUT2D eigenvalue weighted by Gasteiger charge is 2.46. The summed E-state index contributed by atoms with van der Waals surface area (Å²) < 4.78 is 0. The number of amides is 1. The average molecular weight is 302 g/mol. The summed E-state index contributed by atoms with van der Waals surface area (Å²) in [6.45, 7) is 8.84. The minimum absolute atomic E-state index is 0.271. The molecular weight excluding hydrogens is 280 g/mol. The molecule has 0 saturated heterocycles. The van der Waals surface area contributed by atoms with E-state index in [-0.39, 0.29) is 11.8 Å². The van der Waals surface area contributed by atoms with Crippen LogP contribution in [0.2, 0.25) is 0 Å². The van der Waals surface area contributed by atoms with E-state index in [9.17, 15) is 14.7 Å². The molecule has 1 rings (SSSR count). The zero-order chi connectivity index (χ0) is 17.1. The molecule has 5 nitrogen and oxygen atoms in total. The van der Waals surface area contributed by atoms with E-state index in [4.69, 9.17) is 5.26 Å². The van der Waals surface area contributed by atoms with Gasteiger partial charge in [-0.25, -0.2) is 4.79 Å². The molecular formula is C17H22N2O3. The fraction of sp³-hybridized carbons (Fsp3) is 0.471. The lowest BCUT2D eigenvalue weighted by atomic mass is 9.76. The second kappa shape index (κ2) is 6.61. The zero-order valence-corrected chi connectivity index (χ0v) is 13.6. The third-order valence-electron chi connectivity index (χ3n) is 4.10. The van der Waals surface area contributed by atoms with Gasteiger partial charge >= 0.3 is 5.97 Å². The molecule has 22 heavy (non-hydrogen) atoms. The van der Waals surface area contributed by atoms with Gasteiger partial charge in [-0.05, 0) is 42.5 Å². The first kappa shape index (κ1) is 17.7. The van der Waals surface area contributed by atoms with Crippen molar-refractivity contribution in [2.24, 2.45) is 11.8 Å². The number of nitrogens with one attached hydrogen (secondary N) is 1. The lowest BCUT2D eigenvalue weighted by Crippen LogP contribution is -2.61.